The zero-order valence-electron chi connectivity index (χ0n) is 8.19. The Morgan fingerprint density at radius 3 is 1.92 bits per heavy atom. The van der Waals surface area contributed by atoms with Gasteiger partial charge in [0.2, 0.25) is 0 Å². The molecule has 0 unspecified atom stereocenters. The molecule has 0 aliphatic heterocycles. The van der Waals surface area contributed by atoms with Crippen LogP contribution in [0.3, 0.4) is 0 Å². The molecule has 1 nitrogen and oxygen atoms in total. The summed E-state index contributed by atoms with van der Waals surface area (Å²) in [7, 11) is 0. The Kier molecular flexibility index (Phi) is 10.2. The van der Waals surface area contributed by atoms with Crippen molar-refractivity contribution in [1.29, 1.82) is 0 Å². The topological polar surface area (TPSA) is 20.2 Å². The Balaban J connectivity index is 0. The first-order valence-electron chi connectivity index (χ1n) is 4.78. The van der Waals surface area contributed by atoms with Crippen LogP contribution in [0.5, 0.6) is 0 Å². The molecule has 0 heterocycles. The summed E-state index contributed by atoms with van der Waals surface area (Å²) in [5.74, 6) is 0. The quantitative estimate of drug-likeness (QED) is 0.474. The molecule has 0 aliphatic rings. The molecular formula is C10H23LiO. The summed E-state index contributed by atoms with van der Waals surface area (Å²) in [4.78, 5) is 0. The summed E-state index contributed by atoms with van der Waals surface area (Å²) < 4.78 is 0. The molecule has 2 heteroatoms. The third-order valence-electron chi connectivity index (χ3n) is 1.89. The van der Waals surface area contributed by atoms with E-state index in [-0.39, 0.29) is 18.9 Å². The molecule has 0 aromatic carbocycles. The van der Waals surface area contributed by atoms with Crippen molar-refractivity contribution in [2.75, 3.05) is 0 Å². The van der Waals surface area contributed by atoms with Crippen LogP contribution in [0.4, 0.5) is 0 Å². The van der Waals surface area contributed by atoms with Gasteiger partial charge in [-0.2, -0.15) is 0 Å². The van der Waals surface area contributed by atoms with Gasteiger partial charge in [-0.15, -0.1) is 0 Å². The number of hydrogen-bond donors (Lipinski definition) is 1. The van der Waals surface area contributed by atoms with Gasteiger partial charge < -0.3 is 5.11 Å². The summed E-state index contributed by atoms with van der Waals surface area (Å²) in [5, 5.41) is 9.37. The van der Waals surface area contributed by atoms with Crippen molar-refractivity contribution in [3.63, 3.8) is 0 Å². The van der Waals surface area contributed by atoms with Crippen LogP contribution in [0.15, 0.2) is 0 Å². The van der Waals surface area contributed by atoms with E-state index in [1.807, 2.05) is 13.8 Å². The van der Waals surface area contributed by atoms with Gasteiger partial charge >= 0.3 is 18.9 Å². The molecule has 12 heavy (non-hydrogen) atoms. The third kappa shape index (κ3) is 13.2. The van der Waals surface area contributed by atoms with E-state index >= 15 is 0 Å². The minimum absolute atomic E-state index is 0. The molecule has 0 aromatic rings. The van der Waals surface area contributed by atoms with E-state index < -0.39 is 5.60 Å². The summed E-state index contributed by atoms with van der Waals surface area (Å²) in [6.07, 6.45) is 7.35. The van der Waals surface area contributed by atoms with Crippen LogP contribution >= 0.6 is 0 Å². The first kappa shape index (κ1) is 15.0. The standard InChI is InChI=1S/C10H22O.Li.H/c1-4-5-6-7-8-9-10(2,3)11;;/h11H,4-9H2,1-3H3;;. The number of aliphatic hydroxyl groups is 1. The Labute approximate surface area is 89.1 Å². The second kappa shape index (κ2) is 8.17. The number of hydrogen-bond acceptors (Lipinski definition) is 1. The fraction of sp³-hybridized carbons (Fsp3) is 1.00. The van der Waals surface area contributed by atoms with Crippen LogP contribution in [0, 0.1) is 0 Å². The van der Waals surface area contributed by atoms with Crippen molar-refractivity contribution in [2.45, 2.75) is 64.9 Å². The van der Waals surface area contributed by atoms with Gasteiger partial charge in [-0.1, -0.05) is 39.0 Å². The Bertz CT molecular complexity index is 86.3. The zero-order chi connectivity index (χ0) is 8.74. The van der Waals surface area contributed by atoms with Crippen molar-refractivity contribution in [3.8, 4) is 0 Å². The van der Waals surface area contributed by atoms with Gasteiger partial charge in [-0.05, 0) is 20.3 Å². The maximum absolute atomic E-state index is 9.37. The van der Waals surface area contributed by atoms with Crippen molar-refractivity contribution in [1.82, 2.24) is 0 Å². The average Bonchev–Trinajstić information content (AvgIpc) is 1.85. The van der Waals surface area contributed by atoms with Crippen LogP contribution in [0.2, 0.25) is 0 Å². The predicted octanol–water partition coefficient (Wildman–Crippen LogP) is 2.47. The van der Waals surface area contributed by atoms with E-state index in [9.17, 15) is 5.11 Å². The second-order valence-corrected chi connectivity index (χ2v) is 3.98. The van der Waals surface area contributed by atoms with E-state index in [1.54, 1.807) is 0 Å². The van der Waals surface area contributed by atoms with E-state index in [4.69, 9.17) is 0 Å². The zero-order valence-corrected chi connectivity index (χ0v) is 8.19. The fourth-order valence-electron chi connectivity index (χ4n) is 1.16. The van der Waals surface area contributed by atoms with Crippen molar-refractivity contribution in [3.05, 3.63) is 0 Å². The second-order valence-electron chi connectivity index (χ2n) is 3.98. The van der Waals surface area contributed by atoms with Gasteiger partial charge in [0.05, 0.1) is 5.60 Å². The Morgan fingerprint density at radius 2 is 1.50 bits per heavy atom. The SMILES string of the molecule is CCCCCCCC(C)(C)O.[LiH]. The van der Waals surface area contributed by atoms with Gasteiger partial charge in [-0.25, -0.2) is 0 Å². The minimum atomic E-state index is -0.452. The number of unbranched alkanes of at least 4 members (excludes halogenated alkanes) is 4. The normalized spacial score (nSPS) is 11.0. The summed E-state index contributed by atoms with van der Waals surface area (Å²) >= 11 is 0. The van der Waals surface area contributed by atoms with Gasteiger partial charge in [0.15, 0.2) is 0 Å². The maximum atomic E-state index is 9.37. The van der Waals surface area contributed by atoms with E-state index in [0.717, 1.165) is 6.42 Å². The van der Waals surface area contributed by atoms with Crippen LogP contribution < -0.4 is 0 Å². The van der Waals surface area contributed by atoms with Crippen molar-refractivity contribution < 1.29 is 5.11 Å². The molecule has 0 rings (SSSR count). The van der Waals surface area contributed by atoms with Crippen LogP contribution in [0.1, 0.15) is 59.3 Å². The van der Waals surface area contributed by atoms with Crippen molar-refractivity contribution >= 4 is 18.9 Å². The van der Waals surface area contributed by atoms with Gasteiger partial charge in [0, 0.05) is 0 Å². The average molecular weight is 166 g/mol. The molecule has 0 atom stereocenters. The molecule has 1 N–H and O–H groups in total. The Hall–Kier alpha value is 0.557. The number of rotatable bonds is 6. The van der Waals surface area contributed by atoms with Crippen LogP contribution in [-0.2, 0) is 0 Å². The monoisotopic (exact) mass is 166 g/mol. The third-order valence-corrected chi connectivity index (χ3v) is 1.89. The molecule has 0 saturated heterocycles. The molecular weight excluding hydrogens is 143 g/mol. The van der Waals surface area contributed by atoms with Crippen LogP contribution in [0.25, 0.3) is 0 Å². The van der Waals surface area contributed by atoms with E-state index in [2.05, 4.69) is 6.92 Å². The van der Waals surface area contributed by atoms with Gasteiger partial charge in [0.25, 0.3) is 0 Å². The molecule has 0 spiro atoms. The Morgan fingerprint density at radius 1 is 1.00 bits per heavy atom. The van der Waals surface area contributed by atoms with Gasteiger partial charge in [0.1, 0.15) is 0 Å². The predicted molar refractivity (Wildman–Crippen MR) is 56.8 cm³/mol. The fourth-order valence-corrected chi connectivity index (χ4v) is 1.16. The summed E-state index contributed by atoms with van der Waals surface area (Å²) in [6.45, 7) is 5.98. The summed E-state index contributed by atoms with van der Waals surface area (Å²) in [6, 6.07) is 0. The first-order valence-corrected chi connectivity index (χ1v) is 4.78. The molecule has 0 bridgehead atoms. The molecule has 0 fully saturated rings. The molecule has 0 aliphatic carbocycles. The van der Waals surface area contributed by atoms with E-state index in [0.29, 0.717) is 0 Å². The molecule has 0 aromatic heterocycles. The first-order chi connectivity index (χ1) is 5.06. The van der Waals surface area contributed by atoms with Gasteiger partial charge in [-0.3, -0.25) is 0 Å². The van der Waals surface area contributed by atoms with Crippen molar-refractivity contribution in [2.24, 2.45) is 0 Å². The summed E-state index contributed by atoms with van der Waals surface area (Å²) in [5.41, 5.74) is -0.452. The molecule has 0 radical (unpaired) electrons. The van der Waals surface area contributed by atoms with E-state index in [1.165, 1.54) is 32.1 Å². The molecule has 0 amide bonds. The molecule has 70 valence electrons. The molecule has 0 saturated carbocycles. The van der Waals surface area contributed by atoms with Crippen LogP contribution in [-0.4, -0.2) is 29.6 Å².